The topological polar surface area (TPSA) is 42.0 Å². The quantitative estimate of drug-likeness (QED) is 0.857. The van der Waals surface area contributed by atoms with Crippen LogP contribution in [0.5, 0.6) is 0 Å². The number of amides is 1. The first-order valence-electron chi connectivity index (χ1n) is 5.88. The molecule has 0 aliphatic carbocycles. The van der Waals surface area contributed by atoms with Crippen LogP contribution in [0, 0.1) is 12.7 Å². The number of carbonyl (C=O) groups excluding carboxylic acids is 1. The molecule has 0 saturated heterocycles. The molecule has 0 unspecified atom stereocenters. The highest BCUT2D eigenvalue weighted by molar-refractivity contribution is 6.04. The summed E-state index contributed by atoms with van der Waals surface area (Å²) in [5.41, 5.74) is -0.498. The van der Waals surface area contributed by atoms with E-state index in [1.165, 1.54) is 18.2 Å². The van der Waals surface area contributed by atoms with Crippen molar-refractivity contribution >= 4 is 11.6 Å². The Labute approximate surface area is 117 Å². The normalized spacial score (nSPS) is 11.3. The highest BCUT2D eigenvalue weighted by atomic mass is 19.4. The zero-order valence-corrected chi connectivity index (χ0v) is 10.8. The molecule has 110 valence electrons. The third kappa shape index (κ3) is 3.56. The fourth-order valence-electron chi connectivity index (χ4n) is 1.63. The Morgan fingerprint density at radius 2 is 1.90 bits per heavy atom. The summed E-state index contributed by atoms with van der Waals surface area (Å²) in [6.45, 7) is 1.72. The van der Waals surface area contributed by atoms with E-state index in [9.17, 15) is 22.4 Å². The number of anilines is 1. The number of pyridine rings is 1. The maximum absolute atomic E-state index is 13.5. The van der Waals surface area contributed by atoms with Crippen molar-refractivity contribution < 1.29 is 22.4 Å². The Balaban J connectivity index is 2.19. The summed E-state index contributed by atoms with van der Waals surface area (Å²) in [5, 5.41) is 2.29. The van der Waals surface area contributed by atoms with Crippen LogP contribution in [0.2, 0.25) is 0 Å². The number of hydrogen-bond acceptors (Lipinski definition) is 2. The van der Waals surface area contributed by atoms with Crippen molar-refractivity contribution in [3.63, 3.8) is 0 Å². The van der Waals surface area contributed by atoms with Gasteiger partial charge >= 0.3 is 6.18 Å². The van der Waals surface area contributed by atoms with Gasteiger partial charge in [-0.25, -0.2) is 4.39 Å². The molecule has 7 heteroatoms. The van der Waals surface area contributed by atoms with Gasteiger partial charge in [0.2, 0.25) is 0 Å². The van der Waals surface area contributed by atoms with Crippen LogP contribution in [0.4, 0.5) is 23.2 Å². The molecule has 0 atom stereocenters. The number of halogens is 4. The standard InChI is InChI=1S/C14H10F4N2O/c1-8-2-4-10(15)11(6-8)20-13(21)9-3-5-12(19-7-9)14(16,17)18/h2-7H,1H3,(H,20,21). The predicted octanol–water partition coefficient (Wildman–Crippen LogP) is 3.80. The molecule has 21 heavy (non-hydrogen) atoms. The second-order valence-corrected chi connectivity index (χ2v) is 4.37. The molecule has 1 heterocycles. The molecule has 1 N–H and O–H groups in total. The van der Waals surface area contributed by atoms with Crippen LogP contribution in [-0.2, 0) is 6.18 Å². The molecule has 0 saturated carbocycles. The molecule has 1 amide bonds. The number of hydrogen-bond donors (Lipinski definition) is 1. The fraction of sp³-hybridized carbons (Fsp3) is 0.143. The number of rotatable bonds is 2. The Bertz CT molecular complexity index is 666. The molecule has 3 nitrogen and oxygen atoms in total. The minimum Gasteiger partial charge on any atom is -0.319 e. The molecule has 2 rings (SSSR count). The summed E-state index contributed by atoms with van der Waals surface area (Å²) in [7, 11) is 0. The summed E-state index contributed by atoms with van der Waals surface area (Å²) in [6, 6.07) is 5.83. The molecular weight excluding hydrogens is 288 g/mol. The molecule has 2 aromatic rings. The van der Waals surface area contributed by atoms with Crippen molar-refractivity contribution in [3.05, 3.63) is 59.2 Å². The number of aromatic nitrogens is 1. The van der Waals surface area contributed by atoms with Crippen molar-refractivity contribution in [2.45, 2.75) is 13.1 Å². The predicted molar refractivity (Wildman–Crippen MR) is 68.3 cm³/mol. The van der Waals surface area contributed by atoms with Gasteiger partial charge in [-0.05, 0) is 36.8 Å². The summed E-state index contributed by atoms with van der Waals surface area (Å²) in [4.78, 5) is 15.0. The van der Waals surface area contributed by atoms with Gasteiger partial charge in [-0.3, -0.25) is 9.78 Å². The lowest BCUT2D eigenvalue weighted by molar-refractivity contribution is -0.141. The molecule has 1 aromatic carbocycles. The van der Waals surface area contributed by atoms with Crippen LogP contribution in [0.25, 0.3) is 0 Å². The second-order valence-electron chi connectivity index (χ2n) is 4.37. The lowest BCUT2D eigenvalue weighted by atomic mass is 10.2. The zero-order valence-electron chi connectivity index (χ0n) is 10.8. The van der Waals surface area contributed by atoms with Gasteiger partial charge in [-0.2, -0.15) is 13.2 Å². The average molecular weight is 298 g/mol. The zero-order chi connectivity index (χ0) is 15.6. The van der Waals surface area contributed by atoms with Crippen molar-refractivity contribution in [2.24, 2.45) is 0 Å². The third-order valence-electron chi connectivity index (χ3n) is 2.69. The van der Waals surface area contributed by atoms with E-state index in [-0.39, 0.29) is 11.3 Å². The molecule has 0 bridgehead atoms. The number of nitrogens with one attached hydrogen (secondary N) is 1. The van der Waals surface area contributed by atoms with E-state index in [0.717, 1.165) is 17.8 Å². The van der Waals surface area contributed by atoms with Gasteiger partial charge in [0.1, 0.15) is 11.5 Å². The Morgan fingerprint density at radius 1 is 1.19 bits per heavy atom. The van der Waals surface area contributed by atoms with E-state index in [4.69, 9.17) is 0 Å². The van der Waals surface area contributed by atoms with Crippen molar-refractivity contribution in [1.29, 1.82) is 0 Å². The van der Waals surface area contributed by atoms with Gasteiger partial charge in [0.05, 0.1) is 11.3 Å². The van der Waals surface area contributed by atoms with E-state index >= 15 is 0 Å². The first kappa shape index (κ1) is 15.0. The van der Waals surface area contributed by atoms with E-state index in [1.54, 1.807) is 6.92 Å². The number of carbonyl (C=O) groups is 1. The third-order valence-corrected chi connectivity index (χ3v) is 2.69. The maximum atomic E-state index is 13.5. The summed E-state index contributed by atoms with van der Waals surface area (Å²) in [5.74, 6) is -1.37. The second kappa shape index (κ2) is 5.51. The number of benzene rings is 1. The summed E-state index contributed by atoms with van der Waals surface area (Å²) in [6.07, 6.45) is -3.77. The monoisotopic (exact) mass is 298 g/mol. The molecular formula is C14H10F4N2O. The van der Waals surface area contributed by atoms with Gasteiger partial charge in [0.25, 0.3) is 5.91 Å². The molecule has 0 spiro atoms. The molecule has 0 radical (unpaired) electrons. The lowest BCUT2D eigenvalue weighted by Crippen LogP contribution is -2.15. The minimum atomic E-state index is -4.57. The van der Waals surface area contributed by atoms with Crippen molar-refractivity contribution in [1.82, 2.24) is 4.98 Å². The fourth-order valence-corrected chi connectivity index (χ4v) is 1.63. The van der Waals surface area contributed by atoms with E-state index in [1.807, 2.05) is 0 Å². The van der Waals surface area contributed by atoms with Gasteiger partial charge in [0.15, 0.2) is 0 Å². The van der Waals surface area contributed by atoms with Gasteiger partial charge in [-0.1, -0.05) is 6.07 Å². The van der Waals surface area contributed by atoms with E-state index < -0.39 is 23.6 Å². The first-order valence-corrected chi connectivity index (χ1v) is 5.88. The first-order chi connectivity index (χ1) is 9.77. The summed E-state index contributed by atoms with van der Waals surface area (Å²) >= 11 is 0. The van der Waals surface area contributed by atoms with Crippen molar-refractivity contribution in [2.75, 3.05) is 5.32 Å². The van der Waals surface area contributed by atoms with Gasteiger partial charge in [0, 0.05) is 6.20 Å². The average Bonchev–Trinajstić information content (AvgIpc) is 2.42. The number of nitrogens with zero attached hydrogens (tertiary/aromatic N) is 1. The highest BCUT2D eigenvalue weighted by Crippen LogP contribution is 2.27. The minimum absolute atomic E-state index is 0.0418. The van der Waals surface area contributed by atoms with Crippen LogP contribution < -0.4 is 5.32 Å². The van der Waals surface area contributed by atoms with Crippen LogP contribution in [-0.4, -0.2) is 10.9 Å². The molecule has 0 aliphatic heterocycles. The SMILES string of the molecule is Cc1ccc(F)c(NC(=O)c2ccc(C(F)(F)F)nc2)c1. The van der Waals surface area contributed by atoms with Crippen LogP contribution in [0.15, 0.2) is 36.5 Å². The highest BCUT2D eigenvalue weighted by Gasteiger charge is 2.32. The van der Waals surface area contributed by atoms with Crippen LogP contribution in [0.3, 0.4) is 0 Å². The number of aryl methyl sites for hydroxylation is 1. The van der Waals surface area contributed by atoms with E-state index in [2.05, 4.69) is 10.3 Å². The molecule has 0 aliphatic rings. The van der Waals surface area contributed by atoms with Crippen LogP contribution >= 0.6 is 0 Å². The largest absolute Gasteiger partial charge is 0.433 e. The maximum Gasteiger partial charge on any atom is 0.433 e. The van der Waals surface area contributed by atoms with Crippen molar-refractivity contribution in [3.8, 4) is 0 Å². The summed E-state index contributed by atoms with van der Waals surface area (Å²) < 4.78 is 50.5. The van der Waals surface area contributed by atoms with E-state index in [0.29, 0.717) is 6.07 Å². The Kier molecular flexibility index (Phi) is 3.93. The van der Waals surface area contributed by atoms with Gasteiger partial charge < -0.3 is 5.32 Å². The lowest BCUT2D eigenvalue weighted by Gasteiger charge is -2.08. The number of alkyl halides is 3. The molecule has 1 aromatic heterocycles. The Morgan fingerprint density at radius 3 is 2.48 bits per heavy atom. The Hall–Kier alpha value is -2.44. The van der Waals surface area contributed by atoms with Crippen LogP contribution in [0.1, 0.15) is 21.6 Å². The molecule has 0 fully saturated rings. The smallest absolute Gasteiger partial charge is 0.319 e. The van der Waals surface area contributed by atoms with Gasteiger partial charge in [-0.15, -0.1) is 0 Å².